The predicted molar refractivity (Wildman–Crippen MR) is 146 cm³/mol. The van der Waals surface area contributed by atoms with Crippen molar-refractivity contribution in [3.8, 4) is 11.5 Å². The topological polar surface area (TPSA) is 59.1 Å². The Hall–Kier alpha value is -2.54. The number of hydrogen-bond acceptors (Lipinski definition) is 5. The predicted octanol–water partition coefficient (Wildman–Crippen LogP) is 5.79. The minimum atomic E-state index is 0.00704. The van der Waals surface area contributed by atoms with Crippen LogP contribution in [0, 0.1) is 11.3 Å². The van der Waals surface area contributed by atoms with Crippen LogP contribution < -0.4 is 9.47 Å². The lowest BCUT2D eigenvalue weighted by atomic mass is 9.84. The van der Waals surface area contributed by atoms with Crippen molar-refractivity contribution >= 4 is 23.2 Å². The molecule has 3 rings (SSSR count). The number of methoxy groups -OCH3 is 2. The standard InChI is InChI=1S/C29H42N2O4S/c1-21(18-29(2,3)4)16-27(32)31(23-10-11-23)20-28(33)30(19-24-8-7-15-36-24)14-13-22-9-12-25(34-5)26(17-22)35-6/h7-9,12,15,17,21,23H,10-11,13-14,16,18-20H2,1-6H3. The van der Waals surface area contributed by atoms with Gasteiger partial charge in [0.15, 0.2) is 11.5 Å². The van der Waals surface area contributed by atoms with Gasteiger partial charge in [-0.15, -0.1) is 11.3 Å². The maximum absolute atomic E-state index is 13.6. The molecule has 2 amide bonds. The van der Waals surface area contributed by atoms with Crippen LogP contribution in [-0.4, -0.2) is 55.0 Å². The first-order valence-corrected chi connectivity index (χ1v) is 13.8. The average Bonchev–Trinajstić information content (AvgIpc) is 3.53. The number of thiophene rings is 1. The molecule has 0 aliphatic heterocycles. The molecule has 36 heavy (non-hydrogen) atoms. The number of amides is 2. The van der Waals surface area contributed by atoms with Gasteiger partial charge in [-0.1, -0.05) is 39.8 Å². The van der Waals surface area contributed by atoms with Crippen molar-refractivity contribution in [2.75, 3.05) is 27.3 Å². The summed E-state index contributed by atoms with van der Waals surface area (Å²) in [6, 6.07) is 10.1. The minimum absolute atomic E-state index is 0.00704. The molecule has 1 atom stereocenters. The molecule has 2 aromatic rings. The molecule has 1 unspecified atom stereocenters. The number of nitrogens with zero attached hydrogens (tertiary/aromatic N) is 2. The first-order valence-electron chi connectivity index (χ1n) is 12.9. The van der Waals surface area contributed by atoms with Crippen molar-refractivity contribution in [1.82, 2.24) is 9.80 Å². The number of benzene rings is 1. The third-order valence-corrected chi connectivity index (χ3v) is 7.36. The number of hydrogen-bond donors (Lipinski definition) is 0. The van der Waals surface area contributed by atoms with Crippen molar-refractivity contribution in [2.24, 2.45) is 11.3 Å². The van der Waals surface area contributed by atoms with E-state index >= 15 is 0 Å². The lowest BCUT2D eigenvalue weighted by molar-refractivity contribution is -0.142. The molecule has 7 heteroatoms. The maximum atomic E-state index is 13.6. The van der Waals surface area contributed by atoms with Crippen LogP contribution in [0.3, 0.4) is 0 Å². The van der Waals surface area contributed by atoms with Gasteiger partial charge in [-0.25, -0.2) is 0 Å². The summed E-state index contributed by atoms with van der Waals surface area (Å²) in [5.41, 5.74) is 1.25. The van der Waals surface area contributed by atoms with Gasteiger partial charge in [0.1, 0.15) is 6.54 Å². The summed E-state index contributed by atoms with van der Waals surface area (Å²) >= 11 is 1.65. The van der Waals surface area contributed by atoms with E-state index in [1.165, 1.54) is 0 Å². The summed E-state index contributed by atoms with van der Waals surface area (Å²) in [6.45, 7) is 10.0. The summed E-state index contributed by atoms with van der Waals surface area (Å²) in [4.78, 5) is 31.7. The minimum Gasteiger partial charge on any atom is -0.493 e. The molecule has 1 aliphatic rings. The Kier molecular flexibility index (Phi) is 9.83. The summed E-state index contributed by atoms with van der Waals surface area (Å²) < 4.78 is 10.8. The van der Waals surface area contributed by atoms with Gasteiger partial charge in [0, 0.05) is 23.9 Å². The molecule has 0 radical (unpaired) electrons. The van der Waals surface area contributed by atoms with E-state index in [0.717, 1.165) is 29.7 Å². The molecular formula is C29H42N2O4S. The Labute approximate surface area is 220 Å². The first kappa shape index (κ1) is 28.0. The Morgan fingerprint density at radius 3 is 2.39 bits per heavy atom. The molecule has 1 saturated carbocycles. The highest BCUT2D eigenvalue weighted by Gasteiger charge is 2.35. The number of carbonyl (C=O) groups excluding carboxylic acids is 2. The van der Waals surface area contributed by atoms with E-state index in [-0.39, 0.29) is 29.8 Å². The third-order valence-electron chi connectivity index (χ3n) is 6.50. The molecule has 1 aromatic heterocycles. The van der Waals surface area contributed by atoms with Gasteiger partial charge in [0.25, 0.3) is 0 Å². The highest BCUT2D eigenvalue weighted by molar-refractivity contribution is 7.09. The van der Waals surface area contributed by atoms with Crippen molar-refractivity contribution < 1.29 is 19.1 Å². The van der Waals surface area contributed by atoms with Gasteiger partial charge < -0.3 is 19.3 Å². The van der Waals surface area contributed by atoms with Crippen LogP contribution >= 0.6 is 11.3 Å². The Morgan fingerprint density at radius 2 is 1.81 bits per heavy atom. The number of rotatable bonds is 13. The summed E-state index contributed by atoms with van der Waals surface area (Å²) in [5, 5.41) is 2.03. The van der Waals surface area contributed by atoms with E-state index in [9.17, 15) is 9.59 Å². The lowest BCUT2D eigenvalue weighted by Gasteiger charge is -2.29. The zero-order valence-corrected chi connectivity index (χ0v) is 23.5. The smallest absolute Gasteiger partial charge is 0.242 e. The van der Waals surface area contributed by atoms with Gasteiger partial charge in [0.2, 0.25) is 11.8 Å². The van der Waals surface area contributed by atoms with Gasteiger partial charge in [-0.3, -0.25) is 9.59 Å². The number of carbonyl (C=O) groups is 2. The summed E-state index contributed by atoms with van der Waals surface area (Å²) in [5.74, 6) is 1.78. The molecule has 1 fully saturated rings. The molecule has 1 heterocycles. The van der Waals surface area contributed by atoms with Gasteiger partial charge in [-0.2, -0.15) is 0 Å². The maximum Gasteiger partial charge on any atom is 0.242 e. The zero-order valence-electron chi connectivity index (χ0n) is 22.7. The van der Waals surface area contributed by atoms with E-state index in [1.807, 2.05) is 39.4 Å². The fraction of sp³-hybridized carbons (Fsp3) is 0.586. The second kappa shape index (κ2) is 12.6. The zero-order chi connectivity index (χ0) is 26.3. The van der Waals surface area contributed by atoms with Crippen molar-refractivity contribution in [3.05, 3.63) is 46.2 Å². The van der Waals surface area contributed by atoms with Crippen molar-refractivity contribution in [3.63, 3.8) is 0 Å². The molecule has 0 bridgehead atoms. The fourth-order valence-corrected chi connectivity index (χ4v) is 5.49. The van der Waals surface area contributed by atoms with E-state index in [2.05, 4.69) is 33.8 Å². The Morgan fingerprint density at radius 1 is 1.08 bits per heavy atom. The fourth-order valence-electron chi connectivity index (χ4n) is 4.77. The molecule has 1 aliphatic carbocycles. The molecule has 6 nitrogen and oxygen atoms in total. The van der Waals surface area contributed by atoms with Gasteiger partial charge >= 0.3 is 0 Å². The highest BCUT2D eigenvalue weighted by atomic mass is 32.1. The largest absolute Gasteiger partial charge is 0.493 e. The van der Waals surface area contributed by atoms with Crippen LogP contribution in [0.5, 0.6) is 11.5 Å². The van der Waals surface area contributed by atoms with E-state index in [0.29, 0.717) is 43.3 Å². The molecule has 0 spiro atoms. The van der Waals surface area contributed by atoms with Gasteiger partial charge in [-0.05, 0) is 66.2 Å². The molecule has 198 valence electrons. The van der Waals surface area contributed by atoms with Crippen LogP contribution in [-0.2, 0) is 22.6 Å². The average molecular weight is 515 g/mol. The highest BCUT2D eigenvalue weighted by Crippen LogP contribution is 2.31. The molecule has 0 N–H and O–H groups in total. The normalized spacial score (nSPS) is 14.3. The summed E-state index contributed by atoms with van der Waals surface area (Å²) in [7, 11) is 3.25. The van der Waals surface area contributed by atoms with Crippen molar-refractivity contribution in [1.29, 1.82) is 0 Å². The van der Waals surface area contributed by atoms with E-state index in [1.54, 1.807) is 25.6 Å². The SMILES string of the molecule is COc1ccc(CCN(Cc2cccs2)C(=O)CN(C(=O)CC(C)CC(C)(C)C)C2CC2)cc1OC. The first-order chi connectivity index (χ1) is 17.1. The lowest BCUT2D eigenvalue weighted by Crippen LogP contribution is -2.44. The van der Waals surface area contributed by atoms with Crippen LogP contribution in [0.4, 0.5) is 0 Å². The Balaban J connectivity index is 1.68. The van der Waals surface area contributed by atoms with Gasteiger partial charge in [0.05, 0.1) is 20.8 Å². The van der Waals surface area contributed by atoms with E-state index < -0.39 is 0 Å². The molecule has 0 saturated heterocycles. The molecule has 1 aromatic carbocycles. The monoisotopic (exact) mass is 514 g/mol. The van der Waals surface area contributed by atoms with Crippen LogP contribution in [0.15, 0.2) is 35.7 Å². The Bertz CT molecular complexity index is 995. The molecular weight excluding hydrogens is 472 g/mol. The van der Waals surface area contributed by atoms with E-state index in [4.69, 9.17) is 9.47 Å². The van der Waals surface area contributed by atoms with Crippen LogP contribution in [0.1, 0.15) is 63.8 Å². The second-order valence-electron chi connectivity index (χ2n) is 11.2. The third kappa shape index (κ3) is 8.54. The van der Waals surface area contributed by atoms with Crippen molar-refractivity contribution in [2.45, 2.75) is 72.4 Å². The van der Waals surface area contributed by atoms with Crippen LogP contribution in [0.2, 0.25) is 0 Å². The quantitative estimate of drug-likeness (QED) is 0.339. The number of ether oxygens (including phenoxy) is 2. The summed E-state index contributed by atoms with van der Waals surface area (Å²) in [6.07, 6.45) is 4.16. The second-order valence-corrected chi connectivity index (χ2v) is 12.2. The van der Waals surface area contributed by atoms with Crippen LogP contribution in [0.25, 0.3) is 0 Å².